The molecule has 1 aromatic heterocycles. The molecule has 1 aromatic carbocycles. The topological polar surface area (TPSA) is 17.4 Å². The molecule has 1 aliphatic rings. The first kappa shape index (κ1) is 12.7. The molecule has 0 unspecified atom stereocenters. The molecule has 19 heavy (non-hydrogen) atoms. The second kappa shape index (κ2) is 5.76. The average Bonchev–Trinajstić information content (AvgIpc) is 2.85. The van der Waals surface area contributed by atoms with Crippen LogP contribution in [-0.4, -0.2) is 42.3 Å². The largest absolute Gasteiger partial charge is 0.379 e. The monoisotopic (exact) mass is 258 g/mol. The first-order valence-corrected chi connectivity index (χ1v) is 7.19. The van der Waals surface area contributed by atoms with Crippen molar-refractivity contribution in [2.75, 3.05) is 32.8 Å². The van der Waals surface area contributed by atoms with E-state index in [0.717, 1.165) is 32.8 Å². The summed E-state index contributed by atoms with van der Waals surface area (Å²) < 4.78 is 7.77. The van der Waals surface area contributed by atoms with Crippen LogP contribution in [0.25, 0.3) is 10.9 Å². The van der Waals surface area contributed by atoms with E-state index in [1.54, 1.807) is 0 Å². The molecule has 0 spiro atoms. The van der Waals surface area contributed by atoms with Gasteiger partial charge < -0.3 is 9.30 Å². The fourth-order valence-corrected chi connectivity index (χ4v) is 2.93. The Bertz CT molecular complexity index is 541. The Morgan fingerprint density at radius 2 is 1.95 bits per heavy atom. The number of benzene rings is 1. The van der Waals surface area contributed by atoms with Gasteiger partial charge in [-0.05, 0) is 30.4 Å². The van der Waals surface area contributed by atoms with Gasteiger partial charge in [-0.15, -0.1) is 0 Å². The molecule has 3 heteroatoms. The predicted molar refractivity (Wildman–Crippen MR) is 78.6 cm³/mol. The summed E-state index contributed by atoms with van der Waals surface area (Å²) in [5.41, 5.74) is 2.76. The van der Waals surface area contributed by atoms with E-state index in [1.165, 1.54) is 29.4 Å². The van der Waals surface area contributed by atoms with Crippen LogP contribution in [0.15, 0.2) is 30.5 Å². The summed E-state index contributed by atoms with van der Waals surface area (Å²) >= 11 is 0. The molecule has 102 valence electrons. The van der Waals surface area contributed by atoms with Crippen molar-refractivity contribution < 1.29 is 4.74 Å². The normalized spacial score (nSPS) is 17.1. The summed E-state index contributed by atoms with van der Waals surface area (Å²) in [5, 5.41) is 1.35. The van der Waals surface area contributed by atoms with Gasteiger partial charge in [0.1, 0.15) is 0 Å². The predicted octanol–water partition coefficient (Wildman–Crippen LogP) is 2.67. The Morgan fingerprint density at radius 3 is 2.79 bits per heavy atom. The van der Waals surface area contributed by atoms with E-state index < -0.39 is 0 Å². The molecule has 0 saturated carbocycles. The number of hydrogen-bond acceptors (Lipinski definition) is 2. The number of ether oxygens (including phenoxy) is 1. The Labute approximate surface area is 114 Å². The minimum Gasteiger partial charge on any atom is -0.379 e. The van der Waals surface area contributed by atoms with Gasteiger partial charge in [0.15, 0.2) is 0 Å². The molecule has 0 bridgehead atoms. The number of nitrogens with zero attached hydrogens (tertiary/aromatic N) is 2. The fourth-order valence-electron chi connectivity index (χ4n) is 2.93. The number of fused-ring (bicyclic) bond motifs is 1. The maximum Gasteiger partial charge on any atom is 0.0594 e. The maximum atomic E-state index is 5.38. The average molecular weight is 258 g/mol. The van der Waals surface area contributed by atoms with Gasteiger partial charge in [0.2, 0.25) is 0 Å². The quantitative estimate of drug-likeness (QED) is 0.839. The highest BCUT2D eigenvalue weighted by Gasteiger charge is 2.10. The third-order valence-electron chi connectivity index (χ3n) is 3.97. The van der Waals surface area contributed by atoms with Gasteiger partial charge in [-0.3, -0.25) is 4.90 Å². The Kier molecular flexibility index (Phi) is 3.85. The molecule has 2 aromatic rings. The van der Waals surface area contributed by atoms with Gasteiger partial charge in [0.05, 0.1) is 18.7 Å². The van der Waals surface area contributed by atoms with Crippen LogP contribution >= 0.6 is 0 Å². The van der Waals surface area contributed by atoms with Gasteiger partial charge in [-0.1, -0.05) is 18.2 Å². The molecular weight excluding hydrogens is 236 g/mol. The Hall–Kier alpha value is -1.32. The summed E-state index contributed by atoms with van der Waals surface area (Å²) in [6.45, 7) is 8.44. The third-order valence-corrected chi connectivity index (χ3v) is 3.97. The minimum atomic E-state index is 0.894. The minimum absolute atomic E-state index is 0.894. The number of aromatic nitrogens is 1. The van der Waals surface area contributed by atoms with Crippen molar-refractivity contribution in [1.29, 1.82) is 0 Å². The van der Waals surface area contributed by atoms with Crippen LogP contribution in [0.2, 0.25) is 0 Å². The summed E-state index contributed by atoms with van der Waals surface area (Å²) in [6.07, 6.45) is 3.43. The second-order valence-electron chi connectivity index (χ2n) is 5.33. The molecule has 3 nitrogen and oxygen atoms in total. The van der Waals surface area contributed by atoms with E-state index in [0.29, 0.717) is 0 Å². The Morgan fingerprint density at radius 1 is 1.11 bits per heavy atom. The summed E-state index contributed by atoms with van der Waals surface area (Å²) in [4.78, 5) is 2.50. The summed E-state index contributed by atoms with van der Waals surface area (Å²) in [6, 6.07) is 8.74. The lowest BCUT2D eigenvalue weighted by Crippen LogP contribution is -2.37. The van der Waals surface area contributed by atoms with Crippen molar-refractivity contribution in [3.8, 4) is 0 Å². The molecule has 1 fully saturated rings. The highest BCUT2D eigenvalue weighted by atomic mass is 16.5. The smallest absolute Gasteiger partial charge is 0.0594 e. The van der Waals surface area contributed by atoms with Gasteiger partial charge in [0, 0.05) is 32.4 Å². The second-order valence-corrected chi connectivity index (χ2v) is 5.33. The van der Waals surface area contributed by atoms with Crippen molar-refractivity contribution in [3.63, 3.8) is 0 Å². The van der Waals surface area contributed by atoms with Gasteiger partial charge >= 0.3 is 0 Å². The van der Waals surface area contributed by atoms with Crippen LogP contribution in [0.5, 0.6) is 0 Å². The van der Waals surface area contributed by atoms with Crippen LogP contribution < -0.4 is 0 Å². The number of aryl methyl sites for hydroxylation is 2. The van der Waals surface area contributed by atoms with Crippen molar-refractivity contribution in [2.24, 2.45) is 0 Å². The third kappa shape index (κ3) is 2.82. The van der Waals surface area contributed by atoms with E-state index in [1.807, 2.05) is 0 Å². The van der Waals surface area contributed by atoms with Crippen LogP contribution in [-0.2, 0) is 11.3 Å². The van der Waals surface area contributed by atoms with E-state index in [4.69, 9.17) is 4.74 Å². The number of rotatable bonds is 4. The zero-order valence-electron chi connectivity index (χ0n) is 11.6. The highest BCUT2D eigenvalue weighted by Crippen LogP contribution is 2.19. The Balaban J connectivity index is 1.62. The first-order valence-electron chi connectivity index (χ1n) is 7.19. The molecular formula is C16H22N2O. The van der Waals surface area contributed by atoms with Crippen LogP contribution in [0.3, 0.4) is 0 Å². The molecule has 1 saturated heterocycles. The lowest BCUT2D eigenvalue weighted by molar-refractivity contribution is 0.0369. The number of morpholine rings is 1. The van der Waals surface area contributed by atoms with Gasteiger partial charge in [-0.25, -0.2) is 0 Å². The van der Waals surface area contributed by atoms with Crippen LogP contribution in [0, 0.1) is 6.92 Å². The molecule has 1 aliphatic heterocycles. The summed E-state index contributed by atoms with van der Waals surface area (Å²) in [5.74, 6) is 0. The van der Waals surface area contributed by atoms with Crippen molar-refractivity contribution in [2.45, 2.75) is 19.9 Å². The lowest BCUT2D eigenvalue weighted by Gasteiger charge is -2.26. The SMILES string of the molecule is Cc1cccc2ccn(CCCN3CCOCC3)c12. The molecule has 0 aliphatic carbocycles. The van der Waals surface area contributed by atoms with Crippen molar-refractivity contribution >= 4 is 10.9 Å². The van der Waals surface area contributed by atoms with Crippen molar-refractivity contribution in [3.05, 3.63) is 36.0 Å². The van der Waals surface area contributed by atoms with Crippen LogP contribution in [0.4, 0.5) is 0 Å². The van der Waals surface area contributed by atoms with E-state index in [9.17, 15) is 0 Å². The van der Waals surface area contributed by atoms with E-state index in [-0.39, 0.29) is 0 Å². The first-order chi connectivity index (χ1) is 9.34. The molecule has 0 amide bonds. The van der Waals surface area contributed by atoms with E-state index >= 15 is 0 Å². The fraction of sp³-hybridized carbons (Fsp3) is 0.500. The standard InChI is InChI=1S/C16H22N2O/c1-14-4-2-5-15-6-9-18(16(14)15)8-3-7-17-10-12-19-13-11-17/h2,4-6,9H,3,7-8,10-13H2,1H3. The summed E-state index contributed by atoms with van der Waals surface area (Å²) in [7, 11) is 0. The zero-order valence-corrected chi connectivity index (χ0v) is 11.6. The number of hydrogen-bond donors (Lipinski definition) is 0. The molecule has 0 atom stereocenters. The maximum absolute atomic E-state index is 5.38. The van der Waals surface area contributed by atoms with Gasteiger partial charge in [0.25, 0.3) is 0 Å². The van der Waals surface area contributed by atoms with Crippen molar-refractivity contribution in [1.82, 2.24) is 9.47 Å². The van der Waals surface area contributed by atoms with Crippen LogP contribution in [0.1, 0.15) is 12.0 Å². The molecule has 2 heterocycles. The molecule has 0 N–H and O–H groups in total. The highest BCUT2D eigenvalue weighted by molar-refractivity contribution is 5.83. The number of para-hydroxylation sites is 1. The van der Waals surface area contributed by atoms with Gasteiger partial charge in [-0.2, -0.15) is 0 Å². The molecule has 3 rings (SSSR count). The zero-order chi connectivity index (χ0) is 13.1. The molecule has 0 radical (unpaired) electrons. The lowest BCUT2D eigenvalue weighted by atomic mass is 10.2. The van der Waals surface area contributed by atoms with E-state index in [2.05, 4.69) is 46.9 Å².